The molecule has 3 aromatic carbocycles. The van der Waals surface area contributed by atoms with E-state index in [0.717, 1.165) is 58.3 Å². The van der Waals surface area contributed by atoms with Crippen LogP contribution in [0.2, 0.25) is 0 Å². The van der Waals surface area contributed by atoms with E-state index in [4.69, 9.17) is 4.74 Å². The Bertz CT molecular complexity index is 1460. The van der Waals surface area contributed by atoms with Crippen molar-refractivity contribution in [3.05, 3.63) is 94.5 Å². The summed E-state index contributed by atoms with van der Waals surface area (Å²) >= 11 is 3.46. The molecule has 0 spiro atoms. The van der Waals surface area contributed by atoms with Gasteiger partial charge in [-0.15, -0.1) is 0 Å². The minimum Gasteiger partial charge on any atom is -0.492 e. The van der Waals surface area contributed by atoms with Crippen LogP contribution in [0.15, 0.2) is 83.3 Å². The van der Waals surface area contributed by atoms with E-state index >= 15 is 0 Å². The highest BCUT2D eigenvalue weighted by molar-refractivity contribution is 9.10. The molecule has 1 saturated carbocycles. The van der Waals surface area contributed by atoms with E-state index in [1.807, 2.05) is 61.5 Å². The maximum Gasteiger partial charge on any atom is 0.244 e. The summed E-state index contributed by atoms with van der Waals surface area (Å²) in [6.45, 7) is 1.79. The number of nitrogens with one attached hydrogen (secondary N) is 1. The highest BCUT2D eigenvalue weighted by Crippen LogP contribution is 2.30. The Kier molecular flexibility index (Phi) is 11.6. The smallest absolute Gasteiger partial charge is 0.244 e. The number of anilines is 1. The minimum atomic E-state index is -3.89. The molecule has 0 unspecified atom stereocenters. The Balaban J connectivity index is 1.73. The number of para-hydroxylation sites is 2. The van der Waals surface area contributed by atoms with Gasteiger partial charge in [-0.2, -0.15) is 0 Å². The molecule has 1 N–H and O–H groups in total. The number of amides is 2. The fourth-order valence-electron chi connectivity index (χ4n) is 5.42. The SMILES string of the molecule is CCOc1ccccc1N(CC(=O)N(Cc1ccc(Br)cc1)[C@H](Cc1ccccc1)C(=O)NC1CCCCC1)S(C)(=O)=O. The summed E-state index contributed by atoms with van der Waals surface area (Å²) in [6.07, 6.45) is 6.42. The summed E-state index contributed by atoms with van der Waals surface area (Å²) in [5.41, 5.74) is 2.00. The monoisotopic (exact) mass is 669 g/mol. The summed E-state index contributed by atoms with van der Waals surface area (Å²) in [5.74, 6) is -0.361. The van der Waals surface area contributed by atoms with Gasteiger partial charge in [-0.25, -0.2) is 8.42 Å². The Morgan fingerprint density at radius 3 is 2.23 bits per heavy atom. The van der Waals surface area contributed by atoms with Crippen LogP contribution < -0.4 is 14.4 Å². The van der Waals surface area contributed by atoms with Gasteiger partial charge in [-0.05, 0) is 55.2 Å². The number of carbonyl (C=O) groups excluding carboxylic acids is 2. The van der Waals surface area contributed by atoms with Crippen LogP contribution in [0.4, 0.5) is 5.69 Å². The lowest BCUT2D eigenvalue weighted by Gasteiger charge is -2.35. The summed E-state index contributed by atoms with van der Waals surface area (Å²) in [7, 11) is -3.89. The quantitative estimate of drug-likeness (QED) is 0.252. The molecule has 1 aliphatic rings. The van der Waals surface area contributed by atoms with Crippen molar-refractivity contribution in [2.75, 3.05) is 23.7 Å². The number of halogens is 1. The van der Waals surface area contributed by atoms with Crippen LogP contribution in [0, 0.1) is 0 Å². The Labute approximate surface area is 263 Å². The zero-order chi connectivity index (χ0) is 30.8. The van der Waals surface area contributed by atoms with Gasteiger partial charge in [-0.1, -0.05) is 89.8 Å². The highest BCUT2D eigenvalue weighted by Gasteiger charge is 2.34. The number of carbonyl (C=O) groups is 2. The van der Waals surface area contributed by atoms with Gasteiger partial charge in [0.15, 0.2) is 0 Å². The number of nitrogens with zero attached hydrogens (tertiary/aromatic N) is 2. The molecule has 1 fully saturated rings. The van der Waals surface area contributed by atoms with Crippen LogP contribution >= 0.6 is 15.9 Å². The second kappa shape index (κ2) is 15.4. The maximum atomic E-state index is 14.3. The number of sulfonamides is 1. The largest absolute Gasteiger partial charge is 0.492 e. The van der Waals surface area contributed by atoms with E-state index in [-0.39, 0.29) is 30.6 Å². The average molecular weight is 671 g/mol. The van der Waals surface area contributed by atoms with Crippen LogP contribution in [0.1, 0.15) is 50.2 Å². The van der Waals surface area contributed by atoms with Crippen LogP contribution in [0.5, 0.6) is 5.75 Å². The van der Waals surface area contributed by atoms with Gasteiger partial charge < -0.3 is 15.0 Å². The number of benzene rings is 3. The second-order valence-electron chi connectivity index (χ2n) is 10.9. The predicted octanol–water partition coefficient (Wildman–Crippen LogP) is 5.70. The molecule has 3 aromatic rings. The molecule has 8 nitrogen and oxygen atoms in total. The van der Waals surface area contributed by atoms with Crippen molar-refractivity contribution in [2.24, 2.45) is 0 Å². The van der Waals surface area contributed by atoms with Crippen molar-refractivity contribution < 1.29 is 22.7 Å². The lowest BCUT2D eigenvalue weighted by atomic mass is 9.94. The van der Waals surface area contributed by atoms with E-state index in [9.17, 15) is 18.0 Å². The minimum absolute atomic E-state index is 0.0507. The summed E-state index contributed by atoms with van der Waals surface area (Å²) in [5, 5.41) is 3.22. The van der Waals surface area contributed by atoms with Gasteiger partial charge in [0.25, 0.3) is 0 Å². The number of hydrogen-bond donors (Lipinski definition) is 1. The Morgan fingerprint density at radius 2 is 1.58 bits per heavy atom. The molecule has 1 atom stereocenters. The van der Waals surface area contributed by atoms with Gasteiger partial charge in [-0.3, -0.25) is 13.9 Å². The molecule has 0 heterocycles. The zero-order valence-electron chi connectivity index (χ0n) is 24.7. The molecule has 43 heavy (non-hydrogen) atoms. The lowest BCUT2D eigenvalue weighted by molar-refractivity contribution is -0.140. The average Bonchev–Trinajstić information content (AvgIpc) is 2.99. The first-order chi connectivity index (χ1) is 20.7. The topological polar surface area (TPSA) is 96.0 Å². The van der Waals surface area contributed by atoms with E-state index in [0.29, 0.717) is 12.4 Å². The van der Waals surface area contributed by atoms with E-state index in [2.05, 4.69) is 21.2 Å². The van der Waals surface area contributed by atoms with Crippen molar-refractivity contribution >= 4 is 43.5 Å². The first kappa shape index (κ1) is 32.5. The number of hydrogen-bond acceptors (Lipinski definition) is 5. The Morgan fingerprint density at radius 1 is 0.930 bits per heavy atom. The van der Waals surface area contributed by atoms with Crippen molar-refractivity contribution in [3.63, 3.8) is 0 Å². The van der Waals surface area contributed by atoms with Crippen molar-refractivity contribution in [1.29, 1.82) is 0 Å². The fourth-order valence-corrected chi connectivity index (χ4v) is 6.54. The standard InChI is InChI=1S/C33H40BrN3O5S/c1-3-42-31-17-11-10-16-29(31)37(43(2,40)41)24-32(38)36(23-26-18-20-27(34)21-19-26)30(22-25-12-6-4-7-13-25)33(39)35-28-14-8-5-9-15-28/h4,6-7,10-13,16-21,28,30H,3,5,8-9,14-15,22-24H2,1-2H3,(H,35,39)/t30-/m1/s1. The molecule has 1 aliphatic carbocycles. The van der Waals surface area contributed by atoms with Gasteiger partial charge in [0.1, 0.15) is 18.3 Å². The predicted molar refractivity (Wildman–Crippen MR) is 173 cm³/mol. The molecular weight excluding hydrogens is 630 g/mol. The van der Waals surface area contributed by atoms with Gasteiger partial charge >= 0.3 is 0 Å². The lowest BCUT2D eigenvalue weighted by Crippen LogP contribution is -2.55. The first-order valence-electron chi connectivity index (χ1n) is 14.7. The third-order valence-corrected chi connectivity index (χ3v) is 9.26. The molecule has 0 aromatic heterocycles. The second-order valence-corrected chi connectivity index (χ2v) is 13.7. The molecular formula is C33H40BrN3O5S. The maximum absolute atomic E-state index is 14.3. The van der Waals surface area contributed by atoms with Crippen LogP contribution in [-0.4, -0.2) is 56.6 Å². The normalized spacial score (nSPS) is 14.5. The summed E-state index contributed by atoms with van der Waals surface area (Å²) < 4.78 is 33.9. The molecule has 2 amide bonds. The van der Waals surface area contributed by atoms with Gasteiger partial charge in [0.05, 0.1) is 18.6 Å². The van der Waals surface area contributed by atoms with E-state index in [1.165, 1.54) is 4.90 Å². The molecule has 0 aliphatic heterocycles. The zero-order valence-corrected chi connectivity index (χ0v) is 27.1. The third-order valence-electron chi connectivity index (χ3n) is 7.60. The van der Waals surface area contributed by atoms with Crippen molar-refractivity contribution in [2.45, 2.75) is 64.1 Å². The number of rotatable bonds is 13. The molecule has 0 saturated heterocycles. The van der Waals surface area contributed by atoms with Gasteiger partial charge in [0.2, 0.25) is 21.8 Å². The van der Waals surface area contributed by atoms with Crippen LogP contribution in [-0.2, 0) is 32.6 Å². The van der Waals surface area contributed by atoms with E-state index in [1.54, 1.807) is 24.3 Å². The first-order valence-corrected chi connectivity index (χ1v) is 17.4. The fraction of sp³-hybridized carbons (Fsp3) is 0.394. The summed E-state index contributed by atoms with van der Waals surface area (Å²) in [4.78, 5) is 29.9. The number of ether oxygens (including phenoxy) is 1. The van der Waals surface area contributed by atoms with Gasteiger partial charge in [0, 0.05) is 23.5 Å². The Hall–Kier alpha value is -3.37. The van der Waals surface area contributed by atoms with E-state index < -0.39 is 28.5 Å². The van der Waals surface area contributed by atoms with Crippen LogP contribution in [0.25, 0.3) is 0 Å². The van der Waals surface area contributed by atoms with Crippen LogP contribution in [0.3, 0.4) is 0 Å². The molecule has 230 valence electrons. The van der Waals surface area contributed by atoms with Crippen molar-refractivity contribution in [3.8, 4) is 5.75 Å². The van der Waals surface area contributed by atoms with Crippen molar-refractivity contribution in [1.82, 2.24) is 10.2 Å². The molecule has 10 heteroatoms. The molecule has 0 bridgehead atoms. The summed E-state index contributed by atoms with van der Waals surface area (Å²) in [6, 6.07) is 23.1. The highest BCUT2D eigenvalue weighted by atomic mass is 79.9. The third kappa shape index (κ3) is 9.31. The molecule has 4 rings (SSSR count). The molecule has 0 radical (unpaired) electrons.